The fraction of sp³-hybridized carbons (Fsp3) is 0.100. The summed E-state index contributed by atoms with van der Waals surface area (Å²) in [6, 6.07) is 23.1. The third kappa shape index (κ3) is 2.73. The van der Waals surface area contributed by atoms with E-state index in [-0.39, 0.29) is 5.82 Å². The predicted molar refractivity (Wildman–Crippen MR) is 91.6 cm³/mol. The van der Waals surface area contributed by atoms with Gasteiger partial charge in [0.15, 0.2) is 0 Å². The Labute approximate surface area is 130 Å². The van der Waals surface area contributed by atoms with Gasteiger partial charge in [-0.3, -0.25) is 0 Å². The van der Waals surface area contributed by atoms with Crippen molar-refractivity contribution in [2.45, 2.75) is 0 Å². The van der Waals surface area contributed by atoms with Gasteiger partial charge >= 0.3 is 0 Å². The fourth-order valence-corrected chi connectivity index (χ4v) is 2.60. The first-order valence-electron chi connectivity index (χ1n) is 7.28. The summed E-state index contributed by atoms with van der Waals surface area (Å²) in [4.78, 5) is 2.05. The summed E-state index contributed by atoms with van der Waals surface area (Å²) in [7, 11) is 4.01. The van der Waals surface area contributed by atoms with Crippen molar-refractivity contribution in [1.29, 1.82) is 0 Å². The molecule has 0 saturated heterocycles. The first-order valence-corrected chi connectivity index (χ1v) is 7.28. The average molecular weight is 291 g/mol. The normalized spacial score (nSPS) is 10.5. The molecule has 0 aliphatic carbocycles. The molecule has 2 heteroatoms. The van der Waals surface area contributed by atoms with E-state index >= 15 is 0 Å². The van der Waals surface area contributed by atoms with Gasteiger partial charge in [0, 0.05) is 25.3 Å². The lowest BCUT2D eigenvalue weighted by atomic mass is 9.94. The van der Waals surface area contributed by atoms with Gasteiger partial charge in [0.05, 0.1) is 0 Å². The Hall–Kier alpha value is -2.61. The van der Waals surface area contributed by atoms with Crippen LogP contribution in [0.2, 0.25) is 0 Å². The van der Waals surface area contributed by atoms with Crippen molar-refractivity contribution >= 4 is 5.69 Å². The number of benzene rings is 3. The quantitative estimate of drug-likeness (QED) is 0.639. The molecular formula is C20H18FN. The van der Waals surface area contributed by atoms with Crippen molar-refractivity contribution in [2.75, 3.05) is 19.0 Å². The van der Waals surface area contributed by atoms with Gasteiger partial charge in [0.1, 0.15) is 5.82 Å². The van der Waals surface area contributed by atoms with Gasteiger partial charge in [0.25, 0.3) is 0 Å². The minimum absolute atomic E-state index is 0.194. The summed E-state index contributed by atoms with van der Waals surface area (Å²) in [6.07, 6.45) is 0. The molecule has 3 rings (SSSR count). The third-order valence-electron chi connectivity index (χ3n) is 3.77. The number of rotatable bonds is 3. The Morgan fingerprint density at radius 2 is 1.36 bits per heavy atom. The Bertz CT molecular complexity index is 761. The monoisotopic (exact) mass is 291 g/mol. The molecule has 3 aromatic carbocycles. The van der Waals surface area contributed by atoms with E-state index in [4.69, 9.17) is 0 Å². The second-order valence-corrected chi connectivity index (χ2v) is 5.47. The molecule has 0 atom stereocenters. The van der Waals surface area contributed by atoms with Crippen molar-refractivity contribution in [3.63, 3.8) is 0 Å². The molecule has 0 radical (unpaired) electrons. The van der Waals surface area contributed by atoms with E-state index in [0.717, 1.165) is 22.4 Å². The molecule has 0 aromatic heterocycles. The second kappa shape index (κ2) is 6.02. The minimum Gasteiger partial charge on any atom is -0.378 e. The topological polar surface area (TPSA) is 3.24 Å². The molecular weight excluding hydrogens is 273 g/mol. The van der Waals surface area contributed by atoms with E-state index in [2.05, 4.69) is 12.1 Å². The van der Waals surface area contributed by atoms with Gasteiger partial charge in [-0.1, -0.05) is 54.6 Å². The minimum atomic E-state index is -0.194. The van der Waals surface area contributed by atoms with E-state index in [0.29, 0.717) is 5.56 Å². The Morgan fingerprint density at radius 3 is 2.00 bits per heavy atom. The maximum atomic E-state index is 14.4. The standard InChI is InChI=1S/C20H18FN/c1-22(2)17-13-11-15(12-14-17)18-9-6-10-19(21)20(18)16-7-4-3-5-8-16/h3-14H,1-2H3. The predicted octanol–water partition coefficient (Wildman–Crippen LogP) is 5.23. The van der Waals surface area contributed by atoms with Crippen LogP contribution in [-0.2, 0) is 0 Å². The SMILES string of the molecule is CN(C)c1ccc(-c2cccc(F)c2-c2ccccc2)cc1. The zero-order valence-corrected chi connectivity index (χ0v) is 12.8. The van der Waals surface area contributed by atoms with Crippen LogP contribution in [-0.4, -0.2) is 14.1 Å². The number of nitrogens with zero attached hydrogens (tertiary/aromatic N) is 1. The van der Waals surface area contributed by atoms with E-state index in [1.807, 2.05) is 67.5 Å². The van der Waals surface area contributed by atoms with Crippen LogP contribution in [0.1, 0.15) is 0 Å². The largest absolute Gasteiger partial charge is 0.378 e. The van der Waals surface area contributed by atoms with E-state index in [1.54, 1.807) is 6.07 Å². The zero-order chi connectivity index (χ0) is 15.5. The van der Waals surface area contributed by atoms with Crippen molar-refractivity contribution in [2.24, 2.45) is 0 Å². The van der Waals surface area contributed by atoms with Crippen LogP contribution in [0.5, 0.6) is 0 Å². The first kappa shape index (κ1) is 14.3. The van der Waals surface area contributed by atoms with Gasteiger partial charge in [-0.15, -0.1) is 0 Å². The van der Waals surface area contributed by atoms with Gasteiger partial charge in [-0.05, 0) is 34.9 Å². The summed E-state index contributed by atoms with van der Waals surface area (Å²) in [6.45, 7) is 0. The number of hydrogen-bond acceptors (Lipinski definition) is 1. The summed E-state index contributed by atoms with van der Waals surface area (Å²) in [5.41, 5.74) is 4.61. The molecule has 0 spiro atoms. The average Bonchev–Trinajstić information content (AvgIpc) is 2.55. The van der Waals surface area contributed by atoms with Crippen LogP contribution in [0.3, 0.4) is 0 Å². The Kier molecular flexibility index (Phi) is 3.92. The lowest BCUT2D eigenvalue weighted by Gasteiger charge is -2.15. The number of halogens is 1. The summed E-state index contributed by atoms with van der Waals surface area (Å²) >= 11 is 0. The van der Waals surface area contributed by atoms with E-state index in [1.165, 1.54) is 6.07 Å². The Balaban J connectivity index is 2.13. The highest BCUT2D eigenvalue weighted by Gasteiger charge is 2.12. The third-order valence-corrected chi connectivity index (χ3v) is 3.77. The summed E-state index contributed by atoms with van der Waals surface area (Å²) < 4.78 is 14.4. The highest BCUT2D eigenvalue weighted by Crippen LogP contribution is 2.34. The Morgan fingerprint density at radius 1 is 0.682 bits per heavy atom. The molecule has 0 aliphatic rings. The van der Waals surface area contributed by atoms with Crippen LogP contribution in [0, 0.1) is 5.82 Å². The molecule has 0 saturated carbocycles. The van der Waals surface area contributed by atoms with Crippen LogP contribution in [0.15, 0.2) is 72.8 Å². The molecule has 22 heavy (non-hydrogen) atoms. The summed E-state index contributed by atoms with van der Waals surface area (Å²) in [5.74, 6) is -0.194. The van der Waals surface area contributed by atoms with Crippen molar-refractivity contribution in [3.8, 4) is 22.3 Å². The molecule has 0 bridgehead atoms. The number of anilines is 1. The molecule has 110 valence electrons. The van der Waals surface area contributed by atoms with Crippen molar-refractivity contribution in [1.82, 2.24) is 0 Å². The second-order valence-electron chi connectivity index (χ2n) is 5.47. The fourth-order valence-electron chi connectivity index (χ4n) is 2.60. The molecule has 0 heterocycles. The molecule has 0 amide bonds. The smallest absolute Gasteiger partial charge is 0.131 e. The van der Waals surface area contributed by atoms with Crippen LogP contribution < -0.4 is 4.90 Å². The van der Waals surface area contributed by atoms with Gasteiger partial charge in [-0.2, -0.15) is 0 Å². The maximum Gasteiger partial charge on any atom is 0.131 e. The highest BCUT2D eigenvalue weighted by molar-refractivity contribution is 5.84. The van der Waals surface area contributed by atoms with Gasteiger partial charge < -0.3 is 4.90 Å². The molecule has 0 aliphatic heterocycles. The molecule has 1 nitrogen and oxygen atoms in total. The van der Waals surface area contributed by atoms with E-state index < -0.39 is 0 Å². The molecule has 0 fully saturated rings. The lowest BCUT2D eigenvalue weighted by molar-refractivity contribution is 0.632. The maximum absolute atomic E-state index is 14.4. The molecule has 0 N–H and O–H groups in total. The van der Waals surface area contributed by atoms with Gasteiger partial charge in [-0.25, -0.2) is 4.39 Å². The lowest BCUT2D eigenvalue weighted by Crippen LogP contribution is -2.07. The number of hydrogen-bond donors (Lipinski definition) is 0. The zero-order valence-electron chi connectivity index (χ0n) is 12.8. The molecule has 0 unspecified atom stereocenters. The van der Waals surface area contributed by atoms with E-state index in [9.17, 15) is 4.39 Å². The van der Waals surface area contributed by atoms with Gasteiger partial charge in [0.2, 0.25) is 0 Å². The molecule has 3 aromatic rings. The summed E-state index contributed by atoms with van der Waals surface area (Å²) in [5, 5.41) is 0. The van der Waals surface area contributed by atoms with Crippen LogP contribution in [0.25, 0.3) is 22.3 Å². The van der Waals surface area contributed by atoms with Crippen molar-refractivity contribution < 1.29 is 4.39 Å². The first-order chi connectivity index (χ1) is 10.7. The van der Waals surface area contributed by atoms with Crippen LogP contribution in [0.4, 0.5) is 10.1 Å². The van der Waals surface area contributed by atoms with Crippen LogP contribution >= 0.6 is 0 Å². The van der Waals surface area contributed by atoms with Crippen molar-refractivity contribution in [3.05, 3.63) is 78.6 Å². The highest BCUT2D eigenvalue weighted by atomic mass is 19.1.